The van der Waals surface area contributed by atoms with Crippen LogP contribution in [0.4, 0.5) is 4.79 Å². The number of nitrogens with two attached hydrogens (primary N) is 1. The van der Waals surface area contributed by atoms with Gasteiger partial charge in [-0.2, -0.15) is 0 Å². The number of rotatable bonds is 3. The average molecular weight is 242 g/mol. The van der Waals surface area contributed by atoms with Crippen LogP contribution in [0.3, 0.4) is 0 Å². The smallest absolute Gasteiger partial charge is 0.407 e. The van der Waals surface area contributed by atoms with E-state index in [1.807, 2.05) is 20.8 Å². The van der Waals surface area contributed by atoms with Crippen molar-refractivity contribution in [3.8, 4) is 0 Å². The Morgan fingerprint density at radius 1 is 1.35 bits per heavy atom. The summed E-state index contributed by atoms with van der Waals surface area (Å²) in [7, 11) is 0. The van der Waals surface area contributed by atoms with Gasteiger partial charge in [-0.3, -0.25) is 0 Å². The van der Waals surface area contributed by atoms with Gasteiger partial charge in [0.05, 0.1) is 0 Å². The zero-order valence-electron chi connectivity index (χ0n) is 11.3. The van der Waals surface area contributed by atoms with Crippen molar-refractivity contribution in [3.63, 3.8) is 0 Å². The Kier molecular flexibility index (Phi) is 5.25. The van der Waals surface area contributed by atoms with Crippen molar-refractivity contribution in [2.75, 3.05) is 6.54 Å². The molecule has 1 atom stereocenters. The van der Waals surface area contributed by atoms with E-state index in [0.717, 1.165) is 12.8 Å². The van der Waals surface area contributed by atoms with Crippen LogP contribution in [0.2, 0.25) is 0 Å². The summed E-state index contributed by atoms with van der Waals surface area (Å²) in [5.41, 5.74) is 5.30. The number of amides is 1. The second-order valence-corrected chi connectivity index (χ2v) is 5.89. The number of carbonyl (C=O) groups is 1. The van der Waals surface area contributed by atoms with Crippen LogP contribution in [-0.2, 0) is 4.74 Å². The highest BCUT2D eigenvalue weighted by Crippen LogP contribution is 2.26. The van der Waals surface area contributed by atoms with Crippen LogP contribution < -0.4 is 11.1 Å². The molecular formula is C13H26N2O2. The molecule has 0 aliphatic heterocycles. The van der Waals surface area contributed by atoms with Gasteiger partial charge in [0, 0.05) is 12.6 Å². The Bertz CT molecular complexity index is 242. The summed E-state index contributed by atoms with van der Waals surface area (Å²) >= 11 is 0. The molecule has 0 radical (unpaired) electrons. The number of nitrogens with one attached hydrogen (secondary N) is 1. The quantitative estimate of drug-likeness (QED) is 0.799. The molecule has 0 spiro atoms. The average Bonchev–Trinajstić information content (AvgIpc) is 2.24. The molecule has 17 heavy (non-hydrogen) atoms. The molecule has 0 bridgehead atoms. The molecule has 1 saturated carbocycles. The fourth-order valence-corrected chi connectivity index (χ4v) is 2.36. The van der Waals surface area contributed by atoms with Crippen molar-refractivity contribution in [2.45, 2.75) is 64.5 Å². The summed E-state index contributed by atoms with van der Waals surface area (Å²) in [6, 6.07) is 0.0603. The summed E-state index contributed by atoms with van der Waals surface area (Å²) in [6.45, 7) is 6.09. The van der Waals surface area contributed by atoms with Crippen molar-refractivity contribution in [1.29, 1.82) is 0 Å². The molecule has 0 aromatic heterocycles. The Balaban J connectivity index is 2.42. The second kappa shape index (κ2) is 6.24. The molecule has 1 fully saturated rings. The van der Waals surface area contributed by atoms with Gasteiger partial charge < -0.3 is 15.8 Å². The summed E-state index contributed by atoms with van der Waals surface area (Å²) in [5.74, 6) is 0.515. The molecule has 1 rings (SSSR count). The van der Waals surface area contributed by atoms with E-state index < -0.39 is 5.60 Å². The van der Waals surface area contributed by atoms with Crippen molar-refractivity contribution >= 4 is 6.09 Å². The van der Waals surface area contributed by atoms with Gasteiger partial charge >= 0.3 is 6.09 Å². The summed E-state index contributed by atoms with van der Waals surface area (Å²) in [6.07, 6.45) is 5.78. The maximum Gasteiger partial charge on any atom is 0.407 e. The molecule has 0 aromatic carbocycles. The van der Waals surface area contributed by atoms with Gasteiger partial charge in [-0.15, -0.1) is 0 Å². The fraction of sp³-hybridized carbons (Fsp3) is 0.923. The molecule has 1 aliphatic carbocycles. The van der Waals surface area contributed by atoms with Crippen LogP contribution >= 0.6 is 0 Å². The molecule has 0 saturated heterocycles. The molecule has 3 N–H and O–H groups in total. The molecule has 0 heterocycles. The third-order valence-electron chi connectivity index (χ3n) is 3.17. The van der Waals surface area contributed by atoms with Crippen LogP contribution in [0.25, 0.3) is 0 Å². The number of alkyl carbamates (subject to hydrolysis) is 1. The zero-order valence-corrected chi connectivity index (χ0v) is 11.3. The van der Waals surface area contributed by atoms with Crippen LogP contribution in [0.5, 0.6) is 0 Å². The lowest BCUT2D eigenvalue weighted by molar-refractivity contribution is 0.0480. The molecular weight excluding hydrogens is 216 g/mol. The third-order valence-corrected chi connectivity index (χ3v) is 3.17. The van der Waals surface area contributed by atoms with Gasteiger partial charge in [0.15, 0.2) is 0 Å². The van der Waals surface area contributed by atoms with Crippen LogP contribution in [0.1, 0.15) is 52.9 Å². The number of ether oxygens (including phenoxy) is 1. The maximum absolute atomic E-state index is 11.7. The zero-order chi connectivity index (χ0) is 12.9. The second-order valence-electron chi connectivity index (χ2n) is 5.89. The molecule has 100 valence electrons. The van der Waals surface area contributed by atoms with E-state index in [2.05, 4.69) is 5.32 Å². The van der Waals surface area contributed by atoms with Crippen molar-refractivity contribution in [2.24, 2.45) is 11.7 Å². The monoisotopic (exact) mass is 242 g/mol. The van der Waals surface area contributed by atoms with Gasteiger partial charge in [0.2, 0.25) is 0 Å². The Labute approximate surface area is 104 Å². The van der Waals surface area contributed by atoms with Crippen LogP contribution in [-0.4, -0.2) is 24.3 Å². The normalized spacial score (nSPS) is 19.8. The minimum absolute atomic E-state index is 0.0603. The van der Waals surface area contributed by atoms with E-state index in [1.165, 1.54) is 19.3 Å². The summed E-state index contributed by atoms with van der Waals surface area (Å²) < 4.78 is 5.26. The third kappa shape index (κ3) is 5.39. The standard InChI is InChI=1S/C13H26N2O2/c1-13(2,3)17-12(16)15-11(9-14)10-7-5-4-6-8-10/h10-11H,4-9,14H2,1-3H3,(H,15,16). The number of hydrogen-bond donors (Lipinski definition) is 2. The van der Waals surface area contributed by atoms with Crippen molar-refractivity contribution in [1.82, 2.24) is 5.32 Å². The van der Waals surface area contributed by atoms with E-state index in [0.29, 0.717) is 12.5 Å². The molecule has 4 nitrogen and oxygen atoms in total. The predicted octanol–water partition coefficient (Wildman–Crippen LogP) is 2.42. The summed E-state index contributed by atoms with van der Waals surface area (Å²) in [5, 5.41) is 2.91. The molecule has 1 amide bonds. The fourth-order valence-electron chi connectivity index (χ4n) is 2.36. The molecule has 1 unspecified atom stereocenters. The summed E-state index contributed by atoms with van der Waals surface area (Å²) in [4.78, 5) is 11.7. The van der Waals surface area contributed by atoms with E-state index >= 15 is 0 Å². The number of hydrogen-bond acceptors (Lipinski definition) is 3. The topological polar surface area (TPSA) is 64.3 Å². The SMILES string of the molecule is CC(C)(C)OC(=O)NC(CN)C1CCCCC1. The van der Waals surface area contributed by atoms with Crippen molar-refractivity contribution < 1.29 is 9.53 Å². The van der Waals surface area contributed by atoms with Gasteiger partial charge in [0.1, 0.15) is 5.60 Å². The van der Waals surface area contributed by atoms with Gasteiger partial charge in [-0.1, -0.05) is 19.3 Å². The Morgan fingerprint density at radius 2 is 1.94 bits per heavy atom. The lowest BCUT2D eigenvalue weighted by Crippen LogP contribution is -2.47. The minimum Gasteiger partial charge on any atom is -0.444 e. The van der Waals surface area contributed by atoms with Gasteiger partial charge in [0.25, 0.3) is 0 Å². The Morgan fingerprint density at radius 3 is 2.41 bits per heavy atom. The van der Waals surface area contributed by atoms with Gasteiger partial charge in [-0.25, -0.2) is 4.79 Å². The highest BCUT2D eigenvalue weighted by molar-refractivity contribution is 5.68. The van der Waals surface area contributed by atoms with Crippen LogP contribution in [0, 0.1) is 5.92 Å². The van der Waals surface area contributed by atoms with Gasteiger partial charge in [-0.05, 0) is 39.5 Å². The molecule has 1 aliphatic rings. The first-order valence-corrected chi connectivity index (χ1v) is 6.62. The molecule has 4 heteroatoms. The van der Waals surface area contributed by atoms with E-state index in [4.69, 9.17) is 10.5 Å². The predicted molar refractivity (Wildman–Crippen MR) is 68.8 cm³/mol. The maximum atomic E-state index is 11.7. The van der Waals surface area contributed by atoms with E-state index in [9.17, 15) is 4.79 Å². The van der Waals surface area contributed by atoms with E-state index in [1.54, 1.807) is 0 Å². The first kappa shape index (κ1) is 14.3. The highest BCUT2D eigenvalue weighted by atomic mass is 16.6. The first-order valence-electron chi connectivity index (χ1n) is 6.62. The minimum atomic E-state index is -0.449. The highest BCUT2D eigenvalue weighted by Gasteiger charge is 2.26. The Hall–Kier alpha value is -0.770. The molecule has 0 aromatic rings. The lowest BCUT2D eigenvalue weighted by Gasteiger charge is -2.31. The number of carbonyl (C=O) groups excluding carboxylic acids is 1. The van der Waals surface area contributed by atoms with Crippen molar-refractivity contribution in [3.05, 3.63) is 0 Å². The largest absolute Gasteiger partial charge is 0.444 e. The first-order chi connectivity index (χ1) is 7.92. The van der Waals surface area contributed by atoms with E-state index in [-0.39, 0.29) is 12.1 Å². The van der Waals surface area contributed by atoms with Crippen LogP contribution in [0.15, 0.2) is 0 Å². The lowest BCUT2D eigenvalue weighted by atomic mass is 9.84.